The summed E-state index contributed by atoms with van der Waals surface area (Å²) in [6, 6.07) is 13.7. The van der Waals surface area contributed by atoms with E-state index in [-0.39, 0.29) is 35.3 Å². The van der Waals surface area contributed by atoms with Gasteiger partial charge in [-0.05, 0) is 42.0 Å². The Kier molecular flexibility index (Phi) is 5.02. The van der Waals surface area contributed by atoms with Crippen LogP contribution in [0.25, 0.3) is 11.3 Å². The molecule has 3 aromatic rings. The molecule has 0 aliphatic carbocycles. The zero-order valence-electron chi connectivity index (χ0n) is 14.3. The van der Waals surface area contributed by atoms with Crippen LogP contribution in [0.2, 0.25) is 0 Å². The minimum Gasteiger partial charge on any atom is -0.494 e. The molecular formula is C20H17F2NO3. The Morgan fingerprint density at radius 3 is 2.54 bits per heavy atom. The summed E-state index contributed by atoms with van der Waals surface area (Å²) in [6.45, 7) is 0.190. The van der Waals surface area contributed by atoms with Gasteiger partial charge in [-0.25, -0.2) is 8.78 Å². The number of carbonyl (C=O) groups excluding carboxylic acids is 1. The van der Waals surface area contributed by atoms with Crippen LogP contribution in [-0.2, 0) is 6.54 Å². The minimum atomic E-state index is -0.495. The lowest BCUT2D eigenvalue weighted by Gasteiger charge is -2.16. The van der Waals surface area contributed by atoms with Crippen molar-refractivity contribution in [2.45, 2.75) is 6.54 Å². The Bertz CT molecular complexity index is 936. The maximum Gasteiger partial charge on any atom is 0.289 e. The van der Waals surface area contributed by atoms with E-state index in [0.717, 1.165) is 0 Å². The molecule has 0 unspecified atom stereocenters. The van der Waals surface area contributed by atoms with E-state index in [2.05, 4.69) is 0 Å². The summed E-state index contributed by atoms with van der Waals surface area (Å²) >= 11 is 0. The highest BCUT2D eigenvalue weighted by molar-refractivity contribution is 5.91. The molecule has 0 saturated carbocycles. The van der Waals surface area contributed by atoms with Crippen molar-refractivity contribution >= 4 is 5.91 Å². The lowest BCUT2D eigenvalue weighted by molar-refractivity contribution is 0.0754. The molecule has 0 aliphatic rings. The maximum absolute atomic E-state index is 13.8. The summed E-state index contributed by atoms with van der Waals surface area (Å²) in [5.41, 5.74) is 0.895. The van der Waals surface area contributed by atoms with Gasteiger partial charge in [0.25, 0.3) is 5.91 Å². The maximum atomic E-state index is 13.8. The van der Waals surface area contributed by atoms with E-state index in [9.17, 15) is 13.6 Å². The first-order valence-corrected chi connectivity index (χ1v) is 7.92. The van der Waals surface area contributed by atoms with Crippen molar-refractivity contribution in [3.8, 4) is 17.1 Å². The van der Waals surface area contributed by atoms with Crippen molar-refractivity contribution in [1.82, 2.24) is 4.90 Å². The number of nitrogens with zero attached hydrogens (tertiary/aromatic N) is 1. The van der Waals surface area contributed by atoms with Crippen molar-refractivity contribution in [1.29, 1.82) is 0 Å². The first-order chi connectivity index (χ1) is 12.5. The Hall–Kier alpha value is -3.15. The smallest absolute Gasteiger partial charge is 0.289 e. The molecule has 1 heterocycles. The average molecular weight is 357 g/mol. The Morgan fingerprint density at radius 2 is 1.85 bits per heavy atom. The zero-order valence-corrected chi connectivity index (χ0v) is 14.3. The summed E-state index contributed by atoms with van der Waals surface area (Å²) in [5.74, 6) is -0.809. The van der Waals surface area contributed by atoms with Crippen LogP contribution < -0.4 is 4.74 Å². The Labute approximate surface area is 149 Å². The first-order valence-electron chi connectivity index (χ1n) is 7.92. The summed E-state index contributed by atoms with van der Waals surface area (Å²) in [6.07, 6.45) is 0. The quantitative estimate of drug-likeness (QED) is 0.675. The first kappa shape index (κ1) is 17.7. The van der Waals surface area contributed by atoms with Crippen molar-refractivity contribution < 1.29 is 22.7 Å². The predicted molar refractivity (Wildman–Crippen MR) is 92.9 cm³/mol. The van der Waals surface area contributed by atoms with Gasteiger partial charge in [-0.3, -0.25) is 4.79 Å². The molecular weight excluding hydrogens is 340 g/mol. The molecule has 0 radical (unpaired) electrons. The van der Waals surface area contributed by atoms with Gasteiger partial charge in [-0.2, -0.15) is 0 Å². The van der Waals surface area contributed by atoms with Crippen molar-refractivity contribution in [2.24, 2.45) is 0 Å². The lowest BCUT2D eigenvalue weighted by Crippen LogP contribution is -2.25. The summed E-state index contributed by atoms with van der Waals surface area (Å²) in [4.78, 5) is 13.9. The van der Waals surface area contributed by atoms with Gasteiger partial charge in [0, 0.05) is 13.6 Å². The molecule has 1 aromatic heterocycles. The molecule has 3 rings (SSSR count). The molecule has 6 heteroatoms. The van der Waals surface area contributed by atoms with Gasteiger partial charge in [-0.1, -0.05) is 18.2 Å². The predicted octanol–water partition coefficient (Wildman–Crippen LogP) is 4.51. The molecule has 134 valence electrons. The Balaban J connectivity index is 1.75. The number of rotatable bonds is 5. The normalized spacial score (nSPS) is 10.6. The van der Waals surface area contributed by atoms with Gasteiger partial charge in [0.15, 0.2) is 17.3 Å². The molecule has 0 spiro atoms. The van der Waals surface area contributed by atoms with E-state index in [0.29, 0.717) is 5.56 Å². The standard InChI is InChI=1S/C20H17F2NO3/c1-23(12-13-7-8-18(25-2)16(22)11-13)20(24)19-10-9-17(26-19)14-5-3-4-6-15(14)21/h3-11H,12H2,1-2H3. The van der Waals surface area contributed by atoms with Crippen LogP contribution in [0.5, 0.6) is 5.75 Å². The summed E-state index contributed by atoms with van der Waals surface area (Å²) < 4.78 is 38.0. The van der Waals surface area contributed by atoms with Gasteiger partial charge in [0.05, 0.1) is 12.7 Å². The average Bonchev–Trinajstić information content (AvgIpc) is 3.11. The molecule has 2 aromatic carbocycles. The fraction of sp³-hybridized carbons (Fsp3) is 0.150. The highest BCUT2D eigenvalue weighted by Crippen LogP contribution is 2.25. The van der Waals surface area contributed by atoms with Crippen LogP contribution in [0, 0.1) is 11.6 Å². The topological polar surface area (TPSA) is 42.7 Å². The van der Waals surface area contributed by atoms with E-state index in [1.54, 1.807) is 37.4 Å². The minimum absolute atomic E-state index is 0.0831. The second-order valence-electron chi connectivity index (χ2n) is 5.77. The van der Waals surface area contributed by atoms with Gasteiger partial charge in [0.1, 0.15) is 11.6 Å². The second kappa shape index (κ2) is 7.39. The molecule has 0 aliphatic heterocycles. The van der Waals surface area contributed by atoms with Gasteiger partial charge in [0.2, 0.25) is 0 Å². The van der Waals surface area contributed by atoms with Crippen molar-refractivity contribution in [3.05, 3.63) is 77.6 Å². The number of carbonyl (C=O) groups is 1. The monoisotopic (exact) mass is 357 g/mol. The number of hydrogen-bond acceptors (Lipinski definition) is 3. The molecule has 0 N–H and O–H groups in total. The van der Waals surface area contributed by atoms with E-state index >= 15 is 0 Å². The fourth-order valence-electron chi connectivity index (χ4n) is 2.60. The molecule has 26 heavy (non-hydrogen) atoms. The SMILES string of the molecule is COc1ccc(CN(C)C(=O)c2ccc(-c3ccccc3F)o2)cc1F. The van der Waals surface area contributed by atoms with Crippen LogP contribution in [0.1, 0.15) is 16.1 Å². The number of halogens is 2. The fourth-order valence-corrected chi connectivity index (χ4v) is 2.60. The van der Waals surface area contributed by atoms with Crippen LogP contribution >= 0.6 is 0 Å². The highest BCUT2D eigenvalue weighted by Gasteiger charge is 2.18. The molecule has 0 atom stereocenters. The lowest BCUT2D eigenvalue weighted by atomic mass is 10.1. The van der Waals surface area contributed by atoms with E-state index in [1.165, 1.54) is 36.3 Å². The molecule has 0 fully saturated rings. The molecule has 1 amide bonds. The van der Waals surface area contributed by atoms with Crippen LogP contribution in [-0.4, -0.2) is 25.0 Å². The molecule has 0 bridgehead atoms. The number of furan rings is 1. The molecule has 4 nitrogen and oxygen atoms in total. The van der Waals surface area contributed by atoms with E-state index < -0.39 is 11.6 Å². The number of benzene rings is 2. The zero-order chi connectivity index (χ0) is 18.7. The molecule has 0 saturated heterocycles. The van der Waals surface area contributed by atoms with E-state index in [4.69, 9.17) is 9.15 Å². The largest absolute Gasteiger partial charge is 0.494 e. The van der Waals surface area contributed by atoms with Crippen molar-refractivity contribution in [2.75, 3.05) is 14.2 Å². The van der Waals surface area contributed by atoms with Crippen LogP contribution in [0.3, 0.4) is 0 Å². The van der Waals surface area contributed by atoms with Crippen molar-refractivity contribution in [3.63, 3.8) is 0 Å². The number of amides is 1. The summed E-state index contributed by atoms with van der Waals surface area (Å²) in [7, 11) is 2.97. The van der Waals surface area contributed by atoms with Crippen LogP contribution in [0.4, 0.5) is 8.78 Å². The number of hydrogen-bond donors (Lipinski definition) is 0. The van der Waals surface area contributed by atoms with Gasteiger partial charge >= 0.3 is 0 Å². The second-order valence-corrected chi connectivity index (χ2v) is 5.77. The Morgan fingerprint density at radius 1 is 1.08 bits per heavy atom. The number of ether oxygens (including phenoxy) is 1. The highest BCUT2D eigenvalue weighted by atomic mass is 19.1. The third kappa shape index (κ3) is 3.59. The van der Waals surface area contributed by atoms with Gasteiger partial charge < -0.3 is 14.1 Å². The van der Waals surface area contributed by atoms with Crippen LogP contribution in [0.15, 0.2) is 59.0 Å². The summed E-state index contributed by atoms with van der Waals surface area (Å²) in [5, 5.41) is 0. The third-order valence-electron chi connectivity index (χ3n) is 3.94. The third-order valence-corrected chi connectivity index (χ3v) is 3.94. The van der Waals surface area contributed by atoms with E-state index in [1.807, 2.05) is 0 Å². The van der Waals surface area contributed by atoms with Gasteiger partial charge in [-0.15, -0.1) is 0 Å². The number of methoxy groups -OCH3 is 1.